The van der Waals surface area contributed by atoms with E-state index in [2.05, 4.69) is 54.5 Å². The Balaban J connectivity index is 0.000000650. The van der Waals surface area contributed by atoms with Crippen LogP contribution in [0.25, 0.3) is 0 Å². The predicted molar refractivity (Wildman–Crippen MR) is 332 cm³/mol. The number of hydrogen-bond acceptors (Lipinski definition) is 29. The fourth-order valence-electron chi connectivity index (χ4n) is 18.7. The monoisotopic (exact) mass is 1390 g/mol. The summed E-state index contributed by atoms with van der Waals surface area (Å²) in [6.07, 6.45) is -29.2. The number of phenols is 2. The van der Waals surface area contributed by atoms with Crippen molar-refractivity contribution in [2.75, 3.05) is 26.4 Å². The number of aryl methyl sites for hydroxylation is 1. The lowest BCUT2D eigenvalue weighted by Crippen LogP contribution is -2.68. The van der Waals surface area contributed by atoms with Crippen LogP contribution in [0.5, 0.6) is 11.5 Å². The Bertz CT molecular complexity index is 2930. The van der Waals surface area contributed by atoms with Crippen LogP contribution in [0.1, 0.15) is 143 Å². The van der Waals surface area contributed by atoms with Crippen molar-refractivity contribution in [3.05, 3.63) is 34.9 Å². The average molecular weight is 1390 g/mol. The van der Waals surface area contributed by atoms with E-state index in [0.717, 1.165) is 30.9 Å². The number of esters is 2. The van der Waals surface area contributed by atoms with Crippen molar-refractivity contribution in [1.29, 1.82) is 0 Å². The molecule has 5 saturated heterocycles. The third-order valence-electron chi connectivity index (χ3n) is 24.5. The molecule has 11 rings (SSSR count). The summed E-state index contributed by atoms with van der Waals surface area (Å²) in [5, 5.41) is 171. The van der Waals surface area contributed by atoms with Gasteiger partial charge in [0.05, 0.1) is 50.8 Å². The minimum atomic E-state index is -1.93. The zero-order valence-corrected chi connectivity index (χ0v) is 57.1. The van der Waals surface area contributed by atoms with Gasteiger partial charge in [-0.25, -0.2) is 4.79 Å². The summed E-state index contributed by atoms with van der Waals surface area (Å²) in [7, 11) is 0. The van der Waals surface area contributed by atoms with Crippen LogP contribution in [-0.2, 0) is 56.9 Å². The first-order valence-corrected chi connectivity index (χ1v) is 34.2. The summed E-state index contributed by atoms with van der Waals surface area (Å²) < 4.78 is 64.4. The van der Waals surface area contributed by atoms with Gasteiger partial charge in [0.2, 0.25) is 6.29 Å². The number of ether oxygens (including phenoxy) is 11. The van der Waals surface area contributed by atoms with Crippen LogP contribution in [0.3, 0.4) is 0 Å². The number of allylic oxidation sites excluding steroid dienone is 2. The van der Waals surface area contributed by atoms with Crippen molar-refractivity contribution >= 4 is 11.9 Å². The van der Waals surface area contributed by atoms with E-state index < -0.39 is 201 Å². The van der Waals surface area contributed by atoms with E-state index in [9.17, 15) is 81.4 Å². The standard InChI is InChI=1S/C58H94O25.C10H12O4/c1-23-44(80-47-40(69)34(63)27(60)21-74-47)38(67)42(71)48(76-23)79-33-13-14-55(7)30(54(33,5)6)12-15-56(8)31(55)11-10-25-26-18-53(3,4)16-17-58(26,32(62)19-57(25,56)9)52(73)83-51-46(35(64)28(61)22-75-51)82-49-43(72)39(68)45(24(2)77-49)81-50-41(70)37(66)36(65)29(20-59)78-50;1-3-14-10(13)9-6(2)4-7(11)5-8(9)12/h10,23-24,26-51,59-72H,11-22H2,1-9H3;4-5,11-12H,3H2,1-2H3. The summed E-state index contributed by atoms with van der Waals surface area (Å²) in [6, 6.07) is 2.51. The Morgan fingerprint density at radius 1 is 0.588 bits per heavy atom. The first kappa shape index (κ1) is 76.2. The Labute approximate surface area is 564 Å². The normalized spacial score (nSPS) is 48.6. The third kappa shape index (κ3) is 13.6. The van der Waals surface area contributed by atoms with Gasteiger partial charge < -0.3 is 134 Å². The van der Waals surface area contributed by atoms with Crippen LogP contribution in [0, 0.1) is 57.2 Å². The van der Waals surface area contributed by atoms with Gasteiger partial charge >= 0.3 is 11.9 Å². The molecule has 16 N–H and O–H groups in total. The maximum atomic E-state index is 15.4. The molecule has 10 aliphatic rings. The Kier molecular flexibility index (Phi) is 22.5. The van der Waals surface area contributed by atoms with Crippen molar-refractivity contribution in [2.45, 2.75) is 287 Å². The molecule has 29 heteroatoms. The largest absolute Gasteiger partial charge is 0.508 e. The van der Waals surface area contributed by atoms with Gasteiger partial charge in [-0.05, 0) is 142 Å². The molecule has 0 aromatic heterocycles. The molecule has 0 spiro atoms. The van der Waals surface area contributed by atoms with Crippen LogP contribution in [-0.4, -0.2) is 274 Å². The van der Waals surface area contributed by atoms with Crippen molar-refractivity contribution in [1.82, 2.24) is 0 Å². The van der Waals surface area contributed by atoms with Gasteiger partial charge in [0.25, 0.3) is 0 Å². The van der Waals surface area contributed by atoms with Gasteiger partial charge in [0.1, 0.15) is 114 Å². The molecular weight excluding hydrogens is 1280 g/mol. The lowest BCUT2D eigenvalue weighted by molar-refractivity contribution is -0.374. The molecule has 1 aromatic rings. The molecule has 4 saturated carbocycles. The van der Waals surface area contributed by atoms with E-state index in [1.54, 1.807) is 20.8 Å². The Hall–Kier alpha value is -3.42. The highest BCUT2D eigenvalue weighted by molar-refractivity contribution is 5.94. The number of rotatable bonds is 13. The molecule has 5 aliphatic heterocycles. The fraction of sp³-hybridized carbons (Fsp3) is 0.853. The van der Waals surface area contributed by atoms with Gasteiger partial charge in [-0.3, -0.25) is 4.79 Å². The van der Waals surface area contributed by atoms with E-state index in [0.29, 0.717) is 31.2 Å². The molecule has 0 radical (unpaired) electrons. The van der Waals surface area contributed by atoms with Crippen LogP contribution in [0.15, 0.2) is 23.8 Å². The lowest BCUT2D eigenvalue weighted by atomic mass is 9.33. The molecule has 0 bridgehead atoms. The molecule has 1 aromatic carbocycles. The van der Waals surface area contributed by atoms with E-state index in [1.165, 1.54) is 13.0 Å². The number of aromatic hydroxyl groups is 2. The molecule has 0 amide bonds. The van der Waals surface area contributed by atoms with Crippen molar-refractivity contribution < 1.29 is 143 Å². The van der Waals surface area contributed by atoms with Gasteiger partial charge in [-0.2, -0.15) is 0 Å². The maximum Gasteiger partial charge on any atom is 0.342 e. The highest BCUT2D eigenvalue weighted by Crippen LogP contribution is 2.76. The number of benzene rings is 1. The molecule has 29 nitrogen and oxygen atoms in total. The number of aliphatic hydroxyl groups is 14. The zero-order chi connectivity index (χ0) is 71.3. The van der Waals surface area contributed by atoms with Crippen LogP contribution >= 0.6 is 0 Å². The molecular formula is C68H106O29. The second-order valence-electron chi connectivity index (χ2n) is 31.1. The van der Waals surface area contributed by atoms with Gasteiger partial charge in [0, 0.05) is 6.07 Å². The van der Waals surface area contributed by atoms with Crippen LogP contribution in [0.2, 0.25) is 0 Å². The quantitative estimate of drug-likeness (QED) is 0.0683. The van der Waals surface area contributed by atoms with Crippen LogP contribution in [0.4, 0.5) is 0 Å². The summed E-state index contributed by atoms with van der Waals surface area (Å²) in [5.41, 5.74) is -1.69. The van der Waals surface area contributed by atoms with E-state index in [-0.39, 0.29) is 71.2 Å². The summed E-state index contributed by atoms with van der Waals surface area (Å²) in [6.45, 7) is 20.7. The second kappa shape index (κ2) is 28.7. The van der Waals surface area contributed by atoms with Gasteiger partial charge in [-0.1, -0.05) is 60.1 Å². The highest BCUT2D eigenvalue weighted by atomic mass is 16.8. The number of fused-ring (bicyclic) bond motifs is 7. The molecule has 9 fully saturated rings. The summed E-state index contributed by atoms with van der Waals surface area (Å²) in [4.78, 5) is 26.7. The fourth-order valence-corrected chi connectivity index (χ4v) is 18.7. The van der Waals surface area contributed by atoms with Crippen molar-refractivity contribution in [3.8, 4) is 11.5 Å². The number of carbonyl (C=O) groups excluding carboxylic acids is 2. The molecule has 552 valence electrons. The lowest BCUT2D eigenvalue weighted by Gasteiger charge is -2.71. The first-order chi connectivity index (χ1) is 45.3. The van der Waals surface area contributed by atoms with E-state index in [4.69, 9.17) is 57.2 Å². The molecule has 5 aliphatic carbocycles. The van der Waals surface area contributed by atoms with Gasteiger partial charge in [0.15, 0.2) is 31.3 Å². The maximum absolute atomic E-state index is 15.4. The van der Waals surface area contributed by atoms with E-state index >= 15 is 4.79 Å². The molecule has 5 heterocycles. The smallest absolute Gasteiger partial charge is 0.342 e. The third-order valence-corrected chi connectivity index (χ3v) is 24.5. The van der Waals surface area contributed by atoms with Gasteiger partial charge in [-0.15, -0.1) is 0 Å². The molecule has 97 heavy (non-hydrogen) atoms. The molecule has 32 unspecified atom stereocenters. The molecule has 32 atom stereocenters. The number of hydrogen-bond donors (Lipinski definition) is 16. The minimum Gasteiger partial charge on any atom is -0.508 e. The highest BCUT2D eigenvalue weighted by Gasteiger charge is 2.72. The van der Waals surface area contributed by atoms with E-state index in [1.807, 2.05) is 0 Å². The number of carbonyl (C=O) groups is 2. The summed E-state index contributed by atoms with van der Waals surface area (Å²) >= 11 is 0. The van der Waals surface area contributed by atoms with Crippen LogP contribution < -0.4 is 0 Å². The minimum absolute atomic E-state index is 0.0759. The zero-order valence-electron chi connectivity index (χ0n) is 57.1. The topological polar surface area (TPSA) is 459 Å². The Morgan fingerprint density at radius 2 is 1.14 bits per heavy atom. The first-order valence-electron chi connectivity index (χ1n) is 34.2. The average Bonchev–Trinajstić information content (AvgIpc) is 0.672. The Morgan fingerprint density at radius 3 is 1.75 bits per heavy atom. The number of phenolic OH excluding ortho intramolecular Hbond substituents is 2. The predicted octanol–water partition coefficient (Wildman–Crippen LogP) is -0.324. The SMILES string of the molecule is CC1OC(OC2CCC3(C)C(CCC4(C)C3CC=C3C5CC(C)(C)CCC5(C(=O)OC5OCC(O)C(O)C5OC5OC(C)C(OC6OC(CO)C(O)C(O)C6O)C(O)C5O)C(O)CC34C)C2(C)C)C(O)C(O)C1OC1OCC(O)C(O)C1O.CCOC(=O)c1c(C)cc(O)cc1O. The summed E-state index contributed by atoms with van der Waals surface area (Å²) in [5.74, 6) is -1.92. The van der Waals surface area contributed by atoms with Crippen molar-refractivity contribution in [2.24, 2.45) is 50.2 Å². The van der Waals surface area contributed by atoms with Crippen molar-refractivity contribution in [3.63, 3.8) is 0 Å². The second-order valence-corrected chi connectivity index (χ2v) is 31.1. The number of aliphatic hydroxyl groups excluding tert-OH is 14.